The number of benzene rings is 1. The van der Waals surface area contributed by atoms with Gasteiger partial charge in [0.25, 0.3) is 0 Å². The van der Waals surface area contributed by atoms with Crippen LogP contribution in [0.5, 0.6) is 5.75 Å². The van der Waals surface area contributed by atoms with Crippen molar-refractivity contribution in [1.82, 2.24) is 0 Å². The number of rotatable bonds is 4. The van der Waals surface area contributed by atoms with Crippen molar-refractivity contribution in [2.75, 3.05) is 6.61 Å². The summed E-state index contributed by atoms with van der Waals surface area (Å²) in [5, 5.41) is 0. The van der Waals surface area contributed by atoms with E-state index in [2.05, 4.69) is 11.3 Å². The molecule has 19 heavy (non-hydrogen) atoms. The summed E-state index contributed by atoms with van der Waals surface area (Å²) in [6.07, 6.45) is 1.71. The van der Waals surface area contributed by atoms with Gasteiger partial charge < -0.3 is 14.2 Å². The molecule has 1 atom stereocenters. The molecule has 1 aromatic carbocycles. The summed E-state index contributed by atoms with van der Waals surface area (Å²) >= 11 is 0. The van der Waals surface area contributed by atoms with Crippen molar-refractivity contribution < 1.29 is 23.8 Å². The van der Waals surface area contributed by atoms with E-state index in [9.17, 15) is 9.59 Å². The monoisotopic (exact) mass is 262 g/mol. The van der Waals surface area contributed by atoms with Crippen LogP contribution < -0.4 is 4.74 Å². The predicted octanol–water partition coefficient (Wildman–Crippen LogP) is 1.61. The summed E-state index contributed by atoms with van der Waals surface area (Å²) in [4.78, 5) is 22.2. The molecule has 0 N–H and O–H groups in total. The molecular formula is C14H14O5. The van der Waals surface area contributed by atoms with Crippen molar-refractivity contribution >= 4 is 11.9 Å². The first-order valence-corrected chi connectivity index (χ1v) is 5.92. The lowest BCUT2D eigenvalue weighted by Crippen LogP contribution is -2.30. The van der Waals surface area contributed by atoms with Crippen molar-refractivity contribution in [3.63, 3.8) is 0 Å². The minimum absolute atomic E-state index is 0.438. The zero-order chi connectivity index (χ0) is 13.7. The molecule has 1 aromatic rings. The molecule has 0 saturated heterocycles. The number of carbonyl (C=O) groups excluding carboxylic acids is 2. The highest BCUT2D eigenvalue weighted by atomic mass is 16.7. The fourth-order valence-electron chi connectivity index (χ4n) is 1.75. The molecule has 0 fully saturated rings. The Morgan fingerprint density at radius 2 is 2.21 bits per heavy atom. The van der Waals surface area contributed by atoms with Crippen molar-refractivity contribution in [2.24, 2.45) is 0 Å². The van der Waals surface area contributed by atoms with E-state index in [-0.39, 0.29) is 0 Å². The van der Waals surface area contributed by atoms with E-state index in [4.69, 9.17) is 9.47 Å². The number of hydrogen-bond acceptors (Lipinski definition) is 5. The average Bonchev–Trinajstić information content (AvgIpc) is 2.44. The average molecular weight is 262 g/mol. The van der Waals surface area contributed by atoms with Crippen LogP contribution in [0.15, 0.2) is 36.9 Å². The smallest absolute Gasteiger partial charge is 0.347 e. The lowest BCUT2D eigenvalue weighted by Gasteiger charge is -2.25. The maximum absolute atomic E-state index is 11.4. The van der Waals surface area contributed by atoms with Gasteiger partial charge >= 0.3 is 11.9 Å². The summed E-state index contributed by atoms with van der Waals surface area (Å²) in [6, 6.07) is 7.59. The highest BCUT2D eigenvalue weighted by molar-refractivity contribution is 5.83. The van der Waals surface area contributed by atoms with Crippen LogP contribution in [0, 0.1) is 0 Å². The Morgan fingerprint density at radius 3 is 3.00 bits per heavy atom. The molecule has 0 spiro atoms. The molecule has 5 heteroatoms. The minimum atomic E-state index is -0.660. The topological polar surface area (TPSA) is 61.8 Å². The van der Waals surface area contributed by atoms with Gasteiger partial charge in [-0.05, 0) is 18.1 Å². The Morgan fingerprint density at radius 1 is 1.42 bits per heavy atom. The van der Waals surface area contributed by atoms with Crippen LogP contribution in [-0.4, -0.2) is 24.8 Å². The predicted molar refractivity (Wildman–Crippen MR) is 66.4 cm³/mol. The molecule has 5 nitrogen and oxygen atoms in total. The quantitative estimate of drug-likeness (QED) is 0.609. The molecule has 0 aliphatic carbocycles. The van der Waals surface area contributed by atoms with Crippen LogP contribution >= 0.6 is 0 Å². The van der Waals surface area contributed by atoms with Crippen LogP contribution in [0.1, 0.15) is 12.0 Å². The van der Waals surface area contributed by atoms with E-state index < -0.39 is 24.8 Å². The van der Waals surface area contributed by atoms with E-state index in [1.165, 1.54) is 0 Å². The molecule has 1 unspecified atom stereocenters. The van der Waals surface area contributed by atoms with Crippen LogP contribution in [0.4, 0.5) is 0 Å². The van der Waals surface area contributed by atoms with Crippen molar-refractivity contribution in [2.45, 2.75) is 19.1 Å². The van der Waals surface area contributed by atoms with Crippen molar-refractivity contribution in [3.05, 3.63) is 42.5 Å². The van der Waals surface area contributed by atoms with E-state index in [1.807, 2.05) is 24.3 Å². The van der Waals surface area contributed by atoms with Crippen LogP contribution in [0.2, 0.25) is 0 Å². The Balaban J connectivity index is 1.83. The standard InChI is InChI=1S/C14H14O5/c1-2-12(15)17-9-13(16)19-14-8-7-10-5-3-4-6-11(10)18-14/h2-6,14H,1,7-9H2. The lowest BCUT2D eigenvalue weighted by molar-refractivity contribution is -0.173. The van der Waals surface area contributed by atoms with Gasteiger partial charge in [-0.3, -0.25) is 0 Å². The van der Waals surface area contributed by atoms with Gasteiger partial charge in [0.2, 0.25) is 6.29 Å². The first kappa shape index (κ1) is 13.1. The number of esters is 2. The third-order valence-electron chi connectivity index (χ3n) is 2.64. The maximum atomic E-state index is 11.4. The summed E-state index contributed by atoms with van der Waals surface area (Å²) in [7, 11) is 0. The largest absolute Gasteiger partial charge is 0.454 e. The molecule has 1 heterocycles. The molecule has 2 rings (SSSR count). The second-order valence-corrected chi connectivity index (χ2v) is 4.00. The Bertz CT molecular complexity index is 494. The number of aryl methyl sites for hydroxylation is 1. The third kappa shape index (κ3) is 3.58. The fraction of sp³-hybridized carbons (Fsp3) is 0.286. The van der Waals surface area contributed by atoms with E-state index in [1.54, 1.807) is 0 Å². The van der Waals surface area contributed by atoms with E-state index in [0.29, 0.717) is 6.42 Å². The second kappa shape index (κ2) is 6.04. The molecule has 0 saturated carbocycles. The van der Waals surface area contributed by atoms with E-state index in [0.717, 1.165) is 23.8 Å². The van der Waals surface area contributed by atoms with Gasteiger partial charge in [-0.2, -0.15) is 0 Å². The summed E-state index contributed by atoms with van der Waals surface area (Å²) in [5.74, 6) is -0.582. The normalized spacial score (nSPS) is 16.7. The van der Waals surface area contributed by atoms with Gasteiger partial charge in [-0.15, -0.1) is 0 Å². The van der Waals surface area contributed by atoms with Crippen LogP contribution in [0.3, 0.4) is 0 Å². The fourth-order valence-corrected chi connectivity index (χ4v) is 1.75. The van der Waals surface area contributed by atoms with Gasteiger partial charge in [-0.25, -0.2) is 9.59 Å². The first-order valence-electron chi connectivity index (χ1n) is 5.92. The van der Waals surface area contributed by atoms with E-state index >= 15 is 0 Å². The van der Waals surface area contributed by atoms with Gasteiger partial charge in [0, 0.05) is 12.5 Å². The zero-order valence-corrected chi connectivity index (χ0v) is 10.3. The summed E-state index contributed by atoms with van der Waals surface area (Å²) < 4.78 is 15.2. The molecule has 0 aromatic heterocycles. The Hall–Kier alpha value is -2.30. The van der Waals surface area contributed by atoms with Gasteiger partial charge in [0.05, 0.1) is 0 Å². The zero-order valence-electron chi connectivity index (χ0n) is 10.3. The summed E-state index contributed by atoms with van der Waals surface area (Å²) in [6.45, 7) is 2.79. The summed E-state index contributed by atoms with van der Waals surface area (Å²) in [5.41, 5.74) is 1.09. The Kier molecular flexibility index (Phi) is 4.18. The minimum Gasteiger partial charge on any atom is -0.454 e. The van der Waals surface area contributed by atoms with Gasteiger partial charge in [0.1, 0.15) is 5.75 Å². The highest BCUT2D eigenvalue weighted by Gasteiger charge is 2.22. The molecule has 100 valence electrons. The molecule has 1 aliphatic rings. The molecule has 0 bridgehead atoms. The Labute approximate surface area is 110 Å². The number of hydrogen-bond donors (Lipinski definition) is 0. The number of fused-ring (bicyclic) bond motifs is 1. The van der Waals surface area contributed by atoms with Crippen LogP contribution in [0.25, 0.3) is 0 Å². The van der Waals surface area contributed by atoms with Gasteiger partial charge in [-0.1, -0.05) is 24.8 Å². The second-order valence-electron chi connectivity index (χ2n) is 4.00. The first-order chi connectivity index (χ1) is 9.19. The molecule has 0 amide bonds. The van der Waals surface area contributed by atoms with Crippen LogP contribution in [-0.2, 0) is 25.5 Å². The SMILES string of the molecule is C=CC(=O)OCC(=O)OC1CCc2ccccc2O1. The highest BCUT2D eigenvalue weighted by Crippen LogP contribution is 2.27. The molecular weight excluding hydrogens is 248 g/mol. The number of para-hydroxylation sites is 1. The number of ether oxygens (including phenoxy) is 3. The number of carbonyl (C=O) groups is 2. The third-order valence-corrected chi connectivity index (χ3v) is 2.64. The van der Waals surface area contributed by atoms with Crippen molar-refractivity contribution in [1.29, 1.82) is 0 Å². The molecule has 1 aliphatic heterocycles. The van der Waals surface area contributed by atoms with Crippen molar-refractivity contribution in [3.8, 4) is 5.75 Å². The maximum Gasteiger partial charge on any atom is 0.347 e. The molecule has 0 radical (unpaired) electrons. The van der Waals surface area contributed by atoms with Gasteiger partial charge in [0.15, 0.2) is 6.61 Å². The lowest BCUT2D eigenvalue weighted by atomic mass is 10.1.